The molecule has 0 unspecified atom stereocenters. The zero-order chi connectivity index (χ0) is 25.7. The van der Waals surface area contributed by atoms with Crippen LogP contribution in [0, 0.1) is 5.82 Å². The third-order valence-corrected chi connectivity index (χ3v) is 7.86. The van der Waals surface area contributed by atoms with Crippen molar-refractivity contribution in [2.24, 2.45) is 0 Å². The van der Waals surface area contributed by atoms with Crippen molar-refractivity contribution in [2.45, 2.75) is 36.6 Å². The van der Waals surface area contributed by atoms with E-state index >= 15 is 0 Å². The molecular weight excluding hydrogens is 477 g/mol. The SMILES string of the molecule is CCN(CC)CCCNC(=O)c1ccc2c(c1)N(Cc1ccc(F)cc1)C(=O)c1ccccc1[S@]2=O. The lowest BCUT2D eigenvalue weighted by atomic mass is 10.1. The van der Waals surface area contributed by atoms with Crippen LogP contribution in [0.5, 0.6) is 0 Å². The van der Waals surface area contributed by atoms with Crippen molar-refractivity contribution in [2.75, 3.05) is 31.1 Å². The largest absolute Gasteiger partial charge is 0.352 e. The highest BCUT2D eigenvalue weighted by Gasteiger charge is 2.31. The molecule has 0 bridgehead atoms. The van der Waals surface area contributed by atoms with Crippen LogP contribution < -0.4 is 10.2 Å². The van der Waals surface area contributed by atoms with Crippen molar-refractivity contribution in [3.63, 3.8) is 0 Å². The quantitative estimate of drug-likeness (QED) is 0.430. The Kier molecular flexibility index (Phi) is 8.28. The summed E-state index contributed by atoms with van der Waals surface area (Å²) in [6.45, 7) is 7.72. The van der Waals surface area contributed by atoms with Gasteiger partial charge in [0, 0.05) is 12.1 Å². The Morgan fingerprint density at radius 2 is 1.72 bits per heavy atom. The predicted molar refractivity (Wildman–Crippen MR) is 139 cm³/mol. The summed E-state index contributed by atoms with van der Waals surface area (Å²) in [5, 5.41) is 2.95. The molecular formula is C28H30FN3O3S. The van der Waals surface area contributed by atoms with Crippen LogP contribution in [-0.2, 0) is 17.3 Å². The van der Waals surface area contributed by atoms with Gasteiger partial charge in [-0.2, -0.15) is 0 Å². The van der Waals surface area contributed by atoms with E-state index in [1.165, 1.54) is 17.0 Å². The second-order valence-corrected chi connectivity index (χ2v) is 10.0. The third kappa shape index (κ3) is 5.55. The Morgan fingerprint density at radius 1 is 1.00 bits per heavy atom. The molecule has 0 saturated heterocycles. The predicted octanol–water partition coefficient (Wildman–Crippen LogP) is 4.61. The van der Waals surface area contributed by atoms with E-state index in [4.69, 9.17) is 0 Å². The Hall–Kier alpha value is -3.36. The second kappa shape index (κ2) is 11.6. The molecule has 1 atom stereocenters. The molecule has 188 valence electrons. The van der Waals surface area contributed by atoms with Gasteiger partial charge in [0.25, 0.3) is 11.8 Å². The fourth-order valence-electron chi connectivity index (χ4n) is 4.28. The van der Waals surface area contributed by atoms with E-state index in [0.717, 1.165) is 26.1 Å². The number of hydrogen-bond acceptors (Lipinski definition) is 4. The zero-order valence-electron chi connectivity index (χ0n) is 20.5. The zero-order valence-corrected chi connectivity index (χ0v) is 21.3. The van der Waals surface area contributed by atoms with Crippen molar-refractivity contribution >= 4 is 28.3 Å². The van der Waals surface area contributed by atoms with Gasteiger partial charge in [-0.05, 0) is 74.1 Å². The Labute approximate surface area is 213 Å². The van der Waals surface area contributed by atoms with Crippen molar-refractivity contribution in [3.8, 4) is 0 Å². The number of benzene rings is 3. The minimum absolute atomic E-state index is 0.145. The normalized spacial score (nSPS) is 14.8. The summed E-state index contributed by atoms with van der Waals surface area (Å²) in [5.41, 5.74) is 1.86. The molecule has 0 spiro atoms. The Bertz CT molecular complexity index is 1280. The number of carbonyl (C=O) groups excluding carboxylic acids is 2. The molecule has 4 rings (SSSR count). The summed E-state index contributed by atoms with van der Waals surface area (Å²) in [6, 6.07) is 17.7. The number of amides is 2. The first-order valence-electron chi connectivity index (χ1n) is 12.1. The summed E-state index contributed by atoms with van der Waals surface area (Å²) in [6.07, 6.45) is 0.826. The van der Waals surface area contributed by atoms with Gasteiger partial charge < -0.3 is 15.1 Å². The summed E-state index contributed by atoms with van der Waals surface area (Å²) in [4.78, 5) is 31.3. The van der Waals surface area contributed by atoms with Gasteiger partial charge in [0.1, 0.15) is 5.82 Å². The van der Waals surface area contributed by atoms with Gasteiger partial charge in [-0.25, -0.2) is 8.60 Å². The number of carbonyl (C=O) groups is 2. The molecule has 1 heterocycles. The van der Waals surface area contributed by atoms with Crippen molar-refractivity contribution < 1.29 is 18.2 Å². The van der Waals surface area contributed by atoms with Gasteiger partial charge >= 0.3 is 0 Å². The van der Waals surface area contributed by atoms with Crippen LogP contribution in [0.3, 0.4) is 0 Å². The second-order valence-electron chi connectivity index (χ2n) is 8.60. The lowest BCUT2D eigenvalue weighted by Gasteiger charge is -2.23. The van der Waals surface area contributed by atoms with Crippen LogP contribution in [0.1, 0.15) is 46.5 Å². The number of anilines is 1. The lowest BCUT2D eigenvalue weighted by molar-refractivity contribution is 0.0948. The molecule has 1 aliphatic rings. The van der Waals surface area contributed by atoms with Crippen molar-refractivity contribution in [1.29, 1.82) is 0 Å². The summed E-state index contributed by atoms with van der Waals surface area (Å²) in [5.74, 6) is -0.939. The van der Waals surface area contributed by atoms with Gasteiger partial charge in [0.05, 0.1) is 38.4 Å². The average molecular weight is 508 g/mol. The number of nitrogens with one attached hydrogen (secondary N) is 1. The molecule has 36 heavy (non-hydrogen) atoms. The standard InChI is InChI=1S/C28H30FN3O3S/c1-3-31(4-2)17-7-16-30-27(33)21-12-15-26-24(18-21)32(19-20-10-13-22(29)14-11-20)28(34)23-8-5-6-9-25(23)36(26)35/h5-6,8-15,18H,3-4,7,16-17,19H2,1-2H3,(H,30,33)/t36-/m1/s1. The number of fused-ring (bicyclic) bond motifs is 2. The van der Waals surface area contributed by atoms with E-state index in [1.54, 1.807) is 54.6 Å². The van der Waals surface area contributed by atoms with Crippen molar-refractivity contribution in [3.05, 3.63) is 89.2 Å². The molecule has 1 aliphatic heterocycles. The topological polar surface area (TPSA) is 69.7 Å². The summed E-state index contributed by atoms with van der Waals surface area (Å²) in [7, 11) is -1.61. The van der Waals surface area contributed by atoms with E-state index in [0.29, 0.717) is 38.7 Å². The number of hydrogen-bond donors (Lipinski definition) is 1. The maximum Gasteiger partial charge on any atom is 0.259 e. The van der Waals surface area contributed by atoms with E-state index in [9.17, 15) is 18.2 Å². The molecule has 0 aliphatic carbocycles. The van der Waals surface area contributed by atoms with Crippen LogP contribution in [-0.4, -0.2) is 47.1 Å². The molecule has 3 aromatic carbocycles. The van der Waals surface area contributed by atoms with E-state index in [1.807, 2.05) is 0 Å². The lowest BCUT2D eigenvalue weighted by Crippen LogP contribution is -2.31. The van der Waals surface area contributed by atoms with Gasteiger partial charge in [0.15, 0.2) is 0 Å². The molecule has 2 amide bonds. The first-order valence-corrected chi connectivity index (χ1v) is 13.3. The first-order chi connectivity index (χ1) is 17.4. The molecule has 0 fully saturated rings. The summed E-state index contributed by atoms with van der Waals surface area (Å²) < 4.78 is 27.0. The minimum atomic E-state index is -1.61. The number of halogens is 1. The van der Waals surface area contributed by atoms with Gasteiger partial charge in [-0.3, -0.25) is 9.59 Å². The first kappa shape index (κ1) is 25.7. The molecule has 0 radical (unpaired) electrons. The van der Waals surface area contributed by atoms with Crippen LogP contribution >= 0.6 is 0 Å². The molecule has 1 N–H and O–H groups in total. The van der Waals surface area contributed by atoms with Gasteiger partial charge in [0.2, 0.25) is 0 Å². The average Bonchev–Trinajstić information content (AvgIpc) is 2.99. The van der Waals surface area contributed by atoms with E-state index in [-0.39, 0.29) is 24.2 Å². The van der Waals surface area contributed by atoms with Crippen LogP contribution in [0.4, 0.5) is 10.1 Å². The maximum absolute atomic E-state index is 13.6. The number of nitrogens with zero attached hydrogens (tertiary/aromatic N) is 2. The maximum atomic E-state index is 13.6. The highest BCUT2D eigenvalue weighted by molar-refractivity contribution is 7.85. The Balaban J connectivity index is 1.65. The minimum Gasteiger partial charge on any atom is -0.352 e. The van der Waals surface area contributed by atoms with E-state index in [2.05, 4.69) is 24.1 Å². The molecule has 8 heteroatoms. The highest BCUT2D eigenvalue weighted by atomic mass is 32.2. The highest BCUT2D eigenvalue weighted by Crippen LogP contribution is 2.36. The van der Waals surface area contributed by atoms with Crippen LogP contribution in [0.15, 0.2) is 76.5 Å². The van der Waals surface area contributed by atoms with Crippen LogP contribution in [0.25, 0.3) is 0 Å². The number of rotatable bonds is 9. The van der Waals surface area contributed by atoms with E-state index < -0.39 is 10.8 Å². The fraction of sp³-hybridized carbons (Fsp3) is 0.286. The molecule has 0 saturated carbocycles. The monoisotopic (exact) mass is 507 g/mol. The smallest absolute Gasteiger partial charge is 0.259 e. The molecule has 0 aromatic heterocycles. The molecule has 6 nitrogen and oxygen atoms in total. The fourth-order valence-corrected chi connectivity index (χ4v) is 5.63. The third-order valence-electron chi connectivity index (χ3n) is 6.36. The van der Waals surface area contributed by atoms with Gasteiger partial charge in [-0.15, -0.1) is 0 Å². The molecule has 3 aromatic rings. The van der Waals surface area contributed by atoms with Crippen LogP contribution in [0.2, 0.25) is 0 Å². The van der Waals surface area contributed by atoms with Crippen molar-refractivity contribution in [1.82, 2.24) is 10.2 Å². The summed E-state index contributed by atoms with van der Waals surface area (Å²) >= 11 is 0. The Morgan fingerprint density at radius 3 is 2.44 bits per heavy atom. The van der Waals surface area contributed by atoms with Gasteiger partial charge in [-0.1, -0.05) is 38.1 Å².